The minimum absolute atomic E-state index is 0.103. The van der Waals surface area contributed by atoms with E-state index in [4.69, 9.17) is 5.11 Å². The molecule has 21 heavy (non-hydrogen) atoms. The van der Waals surface area contributed by atoms with E-state index < -0.39 is 46.3 Å². The van der Waals surface area contributed by atoms with Gasteiger partial charge in [-0.25, -0.2) is 22.4 Å². The van der Waals surface area contributed by atoms with Crippen LogP contribution in [0.5, 0.6) is 0 Å². The maximum absolute atomic E-state index is 13.5. The van der Waals surface area contributed by atoms with Crippen LogP contribution in [0.4, 0.5) is 17.6 Å². The van der Waals surface area contributed by atoms with E-state index in [2.05, 4.69) is 4.74 Å². The molecule has 1 N–H and O–H groups in total. The first kappa shape index (κ1) is 16.7. The van der Waals surface area contributed by atoms with Gasteiger partial charge in [0.15, 0.2) is 23.3 Å². The summed E-state index contributed by atoms with van der Waals surface area (Å²) in [6.45, 7) is 1.66. The lowest BCUT2D eigenvalue weighted by atomic mass is 10.1. The van der Waals surface area contributed by atoms with Crippen molar-refractivity contribution in [3.63, 3.8) is 0 Å². The van der Waals surface area contributed by atoms with Crippen LogP contribution < -0.4 is 0 Å². The van der Waals surface area contributed by atoms with Crippen LogP contribution in [0.3, 0.4) is 0 Å². The second kappa shape index (κ2) is 6.87. The van der Waals surface area contributed by atoms with Crippen LogP contribution in [0, 0.1) is 23.3 Å². The lowest BCUT2D eigenvalue weighted by Crippen LogP contribution is -2.11. The highest BCUT2D eigenvalue weighted by molar-refractivity contribution is 5.88. The average molecular weight is 306 g/mol. The zero-order chi connectivity index (χ0) is 16.2. The molecule has 0 radical (unpaired) electrons. The Morgan fingerprint density at radius 3 is 2.05 bits per heavy atom. The number of carbonyl (C=O) groups is 2. The van der Waals surface area contributed by atoms with E-state index >= 15 is 0 Å². The molecule has 4 nitrogen and oxygen atoms in total. The highest BCUT2D eigenvalue weighted by Crippen LogP contribution is 2.25. The topological polar surface area (TPSA) is 63.6 Å². The maximum Gasteiger partial charge on any atom is 0.341 e. The molecule has 0 saturated carbocycles. The Morgan fingerprint density at radius 2 is 1.62 bits per heavy atom. The number of ether oxygens (including phenoxy) is 1. The molecule has 0 amide bonds. The molecular weight excluding hydrogens is 296 g/mol. The van der Waals surface area contributed by atoms with Gasteiger partial charge in [0.25, 0.3) is 0 Å². The summed E-state index contributed by atoms with van der Waals surface area (Å²) in [6, 6.07) is 0. The Balaban J connectivity index is 3.18. The Labute approximate surface area is 116 Å². The number of carbonyl (C=O) groups excluding carboxylic acids is 1. The number of carboxylic acid groups (broad SMARTS) is 1. The third kappa shape index (κ3) is 3.59. The molecule has 0 saturated heterocycles. The largest absolute Gasteiger partial charge is 0.477 e. The van der Waals surface area contributed by atoms with Gasteiger partial charge in [0, 0.05) is 0 Å². The van der Waals surface area contributed by atoms with Gasteiger partial charge in [-0.05, 0) is 6.92 Å². The molecule has 114 valence electrons. The zero-order valence-corrected chi connectivity index (χ0v) is 10.8. The van der Waals surface area contributed by atoms with Crippen molar-refractivity contribution in [1.82, 2.24) is 0 Å². The summed E-state index contributed by atoms with van der Waals surface area (Å²) in [5.74, 6) is -10.6. The molecule has 0 aliphatic carbocycles. The quantitative estimate of drug-likeness (QED) is 0.516. The van der Waals surface area contributed by atoms with Crippen LogP contribution in [-0.4, -0.2) is 23.7 Å². The highest BCUT2D eigenvalue weighted by atomic mass is 19.2. The predicted octanol–water partition coefficient (Wildman–Crippen LogP) is 2.91. The average Bonchev–Trinajstić information content (AvgIpc) is 2.40. The zero-order valence-electron chi connectivity index (χ0n) is 10.8. The van der Waals surface area contributed by atoms with Gasteiger partial charge in [0.05, 0.1) is 18.6 Å². The number of rotatable bonds is 5. The van der Waals surface area contributed by atoms with Crippen molar-refractivity contribution in [3.8, 4) is 0 Å². The summed E-state index contributed by atoms with van der Waals surface area (Å²) in [4.78, 5) is 21.5. The summed E-state index contributed by atoms with van der Waals surface area (Å²) < 4.78 is 58.3. The summed E-state index contributed by atoms with van der Waals surface area (Å²) >= 11 is 0. The van der Waals surface area contributed by atoms with Gasteiger partial charge in [0.1, 0.15) is 5.56 Å². The minimum atomic E-state index is -2.13. The third-order valence-electron chi connectivity index (χ3n) is 2.39. The van der Waals surface area contributed by atoms with Crippen LogP contribution in [0.2, 0.25) is 0 Å². The highest BCUT2D eigenvalue weighted by Gasteiger charge is 2.28. The van der Waals surface area contributed by atoms with Gasteiger partial charge in [0.2, 0.25) is 0 Å². The van der Waals surface area contributed by atoms with E-state index in [1.165, 1.54) is 0 Å². The molecule has 0 aromatic heterocycles. The molecule has 1 aromatic rings. The van der Waals surface area contributed by atoms with E-state index in [9.17, 15) is 27.2 Å². The van der Waals surface area contributed by atoms with Crippen LogP contribution in [0.15, 0.2) is 6.08 Å². The fourth-order valence-corrected chi connectivity index (χ4v) is 1.48. The summed E-state index contributed by atoms with van der Waals surface area (Å²) in [6.07, 6.45) is 1.22. The van der Waals surface area contributed by atoms with Crippen molar-refractivity contribution in [1.29, 1.82) is 0 Å². The summed E-state index contributed by atoms with van der Waals surface area (Å²) in [5.41, 5.74) is -2.83. The maximum atomic E-state index is 13.5. The Morgan fingerprint density at radius 1 is 1.10 bits per heavy atom. The Kier molecular flexibility index (Phi) is 5.45. The predicted molar refractivity (Wildman–Crippen MR) is 63.5 cm³/mol. The van der Waals surface area contributed by atoms with Crippen LogP contribution in [-0.2, 0) is 9.53 Å². The molecule has 0 heterocycles. The fraction of sp³-hybridized carbons (Fsp3) is 0.231. The van der Waals surface area contributed by atoms with Crippen molar-refractivity contribution in [2.45, 2.75) is 13.3 Å². The number of hydrogen-bond acceptors (Lipinski definition) is 3. The summed E-state index contributed by atoms with van der Waals surface area (Å²) in [5, 5.41) is 8.50. The smallest absolute Gasteiger partial charge is 0.341 e. The van der Waals surface area contributed by atoms with Crippen molar-refractivity contribution >= 4 is 18.0 Å². The minimum Gasteiger partial charge on any atom is -0.477 e. The first-order valence-electron chi connectivity index (χ1n) is 5.72. The second-order valence-electron chi connectivity index (χ2n) is 3.76. The molecule has 0 aliphatic heterocycles. The number of halogens is 4. The van der Waals surface area contributed by atoms with Crippen molar-refractivity contribution in [3.05, 3.63) is 40.5 Å². The number of benzene rings is 1. The number of esters is 1. The van der Waals surface area contributed by atoms with Gasteiger partial charge in [-0.1, -0.05) is 12.2 Å². The number of carboxylic acids is 1. The molecule has 0 aliphatic rings. The first-order chi connectivity index (χ1) is 9.81. The lowest BCUT2D eigenvalue weighted by Gasteiger charge is -2.06. The fourth-order valence-electron chi connectivity index (χ4n) is 1.48. The van der Waals surface area contributed by atoms with Crippen LogP contribution >= 0.6 is 0 Å². The SMILES string of the molecule is CCOC(=O)CC=Cc1c(F)c(F)c(C(=O)O)c(F)c1F. The molecule has 0 unspecified atom stereocenters. The van der Waals surface area contributed by atoms with Crippen LogP contribution in [0.1, 0.15) is 29.3 Å². The number of hydrogen-bond donors (Lipinski definition) is 1. The van der Waals surface area contributed by atoms with Gasteiger partial charge < -0.3 is 9.84 Å². The molecule has 0 fully saturated rings. The Bertz CT molecular complexity index is 582. The number of aromatic carboxylic acids is 1. The lowest BCUT2D eigenvalue weighted by molar-refractivity contribution is -0.142. The van der Waals surface area contributed by atoms with Gasteiger partial charge in [-0.2, -0.15) is 0 Å². The Hall–Kier alpha value is -2.38. The van der Waals surface area contributed by atoms with Gasteiger partial charge in [-0.15, -0.1) is 0 Å². The van der Waals surface area contributed by atoms with E-state index in [0.29, 0.717) is 6.08 Å². The molecule has 0 spiro atoms. The van der Waals surface area contributed by atoms with Crippen LogP contribution in [0.25, 0.3) is 6.08 Å². The second-order valence-corrected chi connectivity index (χ2v) is 3.76. The van der Waals surface area contributed by atoms with Crippen molar-refractivity contribution in [2.75, 3.05) is 6.61 Å². The normalized spacial score (nSPS) is 10.9. The van der Waals surface area contributed by atoms with Gasteiger partial charge >= 0.3 is 11.9 Å². The molecule has 1 rings (SSSR count). The summed E-state index contributed by atoms with van der Waals surface area (Å²) in [7, 11) is 0. The monoisotopic (exact) mass is 306 g/mol. The molecule has 1 aromatic carbocycles. The van der Waals surface area contributed by atoms with Crippen molar-refractivity contribution in [2.24, 2.45) is 0 Å². The van der Waals surface area contributed by atoms with E-state index in [0.717, 1.165) is 6.08 Å². The van der Waals surface area contributed by atoms with Crippen molar-refractivity contribution < 1.29 is 37.0 Å². The third-order valence-corrected chi connectivity index (χ3v) is 2.39. The molecule has 0 bridgehead atoms. The van der Waals surface area contributed by atoms with Gasteiger partial charge in [-0.3, -0.25) is 4.79 Å². The standard InChI is InChI=1S/C13H10F4O4/c1-2-21-7(18)5-3-4-6-9(14)11(16)8(13(19)20)12(17)10(6)15/h3-4H,2,5H2,1H3,(H,19,20). The van der Waals surface area contributed by atoms with E-state index in [1.807, 2.05) is 0 Å². The first-order valence-corrected chi connectivity index (χ1v) is 5.72. The molecule has 0 atom stereocenters. The van der Waals surface area contributed by atoms with E-state index in [1.54, 1.807) is 6.92 Å². The van der Waals surface area contributed by atoms with E-state index in [-0.39, 0.29) is 13.0 Å². The molecule has 8 heteroatoms. The molecular formula is C13H10F4O4.